The molecule has 3 aromatic rings. The van der Waals surface area contributed by atoms with Gasteiger partial charge in [-0.1, -0.05) is 49.3 Å². The van der Waals surface area contributed by atoms with E-state index >= 15 is 0 Å². The minimum absolute atomic E-state index is 0.297. The van der Waals surface area contributed by atoms with Crippen LogP contribution in [0.1, 0.15) is 48.9 Å². The summed E-state index contributed by atoms with van der Waals surface area (Å²) in [6.45, 7) is 7.65. The fourth-order valence-electron chi connectivity index (χ4n) is 3.53. The van der Waals surface area contributed by atoms with Gasteiger partial charge >= 0.3 is 0 Å². The summed E-state index contributed by atoms with van der Waals surface area (Å²) in [6, 6.07) is 12.7. The van der Waals surface area contributed by atoms with Crippen molar-refractivity contribution in [3.63, 3.8) is 0 Å². The molecule has 1 saturated heterocycles. The van der Waals surface area contributed by atoms with E-state index in [0.717, 1.165) is 38.1 Å². The molecule has 3 heterocycles. The topological polar surface area (TPSA) is 51.4 Å². The zero-order valence-electron chi connectivity index (χ0n) is 16.5. The molecule has 0 N–H and O–H groups in total. The van der Waals surface area contributed by atoms with Gasteiger partial charge in [0.1, 0.15) is 0 Å². The standard InChI is InChI=1S/C22H27N3O2S/c1-16(2)17-7-9-18(10-8-17)22-23-21(27-24-22)15-25(13-19-5-3-11-26-19)14-20-6-4-12-28-20/h4,6-10,12,16,19H,3,5,11,13-15H2,1-2H3. The Labute approximate surface area is 170 Å². The second-order valence-electron chi connectivity index (χ2n) is 7.67. The molecule has 0 spiro atoms. The Hall–Kier alpha value is -2.02. The third-order valence-electron chi connectivity index (χ3n) is 5.11. The molecule has 4 rings (SSSR count). The first-order valence-electron chi connectivity index (χ1n) is 9.96. The first-order chi connectivity index (χ1) is 13.7. The highest BCUT2D eigenvalue weighted by Crippen LogP contribution is 2.22. The van der Waals surface area contributed by atoms with Crippen molar-refractivity contribution in [1.82, 2.24) is 15.0 Å². The number of hydrogen-bond acceptors (Lipinski definition) is 6. The fourth-order valence-corrected chi connectivity index (χ4v) is 4.28. The molecule has 5 nitrogen and oxygen atoms in total. The summed E-state index contributed by atoms with van der Waals surface area (Å²) in [5, 5.41) is 6.32. The van der Waals surface area contributed by atoms with E-state index in [-0.39, 0.29) is 0 Å². The molecule has 1 aliphatic rings. The second kappa shape index (κ2) is 8.99. The molecular formula is C22H27N3O2S. The van der Waals surface area contributed by atoms with Gasteiger partial charge in [0, 0.05) is 30.1 Å². The summed E-state index contributed by atoms with van der Waals surface area (Å²) in [6.07, 6.45) is 2.57. The van der Waals surface area contributed by atoms with E-state index in [9.17, 15) is 0 Å². The highest BCUT2D eigenvalue weighted by molar-refractivity contribution is 7.09. The van der Waals surface area contributed by atoms with Crippen LogP contribution in [-0.4, -0.2) is 34.3 Å². The average molecular weight is 398 g/mol. The second-order valence-corrected chi connectivity index (χ2v) is 8.70. The lowest BCUT2D eigenvalue weighted by Crippen LogP contribution is -2.31. The number of hydrogen-bond donors (Lipinski definition) is 0. The van der Waals surface area contributed by atoms with Crippen molar-refractivity contribution in [3.8, 4) is 11.4 Å². The van der Waals surface area contributed by atoms with Crippen molar-refractivity contribution in [1.29, 1.82) is 0 Å². The van der Waals surface area contributed by atoms with Crippen molar-refractivity contribution in [2.45, 2.75) is 51.8 Å². The molecule has 1 atom stereocenters. The highest BCUT2D eigenvalue weighted by Gasteiger charge is 2.21. The third kappa shape index (κ3) is 4.87. The van der Waals surface area contributed by atoms with Crippen molar-refractivity contribution < 1.29 is 9.26 Å². The Morgan fingerprint density at radius 3 is 2.71 bits per heavy atom. The minimum atomic E-state index is 0.297. The average Bonchev–Trinajstić information content (AvgIpc) is 3.45. The molecule has 0 radical (unpaired) electrons. The van der Waals surface area contributed by atoms with Gasteiger partial charge in [0.25, 0.3) is 0 Å². The predicted molar refractivity (Wildman–Crippen MR) is 111 cm³/mol. The van der Waals surface area contributed by atoms with E-state index in [2.05, 4.69) is 70.7 Å². The maximum atomic E-state index is 5.84. The lowest BCUT2D eigenvalue weighted by atomic mass is 10.0. The van der Waals surface area contributed by atoms with Crippen LogP contribution in [0.3, 0.4) is 0 Å². The normalized spacial score (nSPS) is 17.1. The van der Waals surface area contributed by atoms with Crippen LogP contribution in [0.15, 0.2) is 46.3 Å². The van der Waals surface area contributed by atoms with Crippen LogP contribution in [-0.2, 0) is 17.8 Å². The molecule has 6 heteroatoms. The van der Waals surface area contributed by atoms with Crippen molar-refractivity contribution in [2.24, 2.45) is 0 Å². The Morgan fingerprint density at radius 2 is 2.04 bits per heavy atom. The number of thiophene rings is 1. The Morgan fingerprint density at radius 1 is 1.18 bits per heavy atom. The summed E-state index contributed by atoms with van der Waals surface area (Å²) in [7, 11) is 0. The molecular weight excluding hydrogens is 370 g/mol. The van der Waals surface area contributed by atoms with E-state index in [0.29, 0.717) is 30.3 Å². The summed E-state index contributed by atoms with van der Waals surface area (Å²) >= 11 is 1.78. The van der Waals surface area contributed by atoms with Crippen LogP contribution in [0.2, 0.25) is 0 Å². The van der Waals surface area contributed by atoms with E-state index in [1.807, 2.05) is 0 Å². The van der Waals surface area contributed by atoms with E-state index < -0.39 is 0 Å². The maximum absolute atomic E-state index is 5.84. The van der Waals surface area contributed by atoms with Gasteiger partial charge in [0.05, 0.1) is 12.6 Å². The van der Waals surface area contributed by atoms with Crippen LogP contribution in [0.4, 0.5) is 0 Å². The van der Waals surface area contributed by atoms with Crippen LogP contribution in [0.25, 0.3) is 11.4 Å². The van der Waals surface area contributed by atoms with Gasteiger partial charge in [-0.05, 0) is 35.8 Å². The molecule has 0 amide bonds. The van der Waals surface area contributed by atoms with Gasteiger partial charge in [0.15, 0.2) is 0 Å². The first kappa shape index (κ1) is 19.3. The lowest BCUT2D eigenvalue weighted by Gasteiger charge is -2.23. The Balaban J connectivity index is 1.45. The molecule has 1 fully saturated rings. The van der Waals surface area contributed by atoms with Crippen molar-refractivity contribution in [2.75, 3.05) is 13.2 Å². The first-order valence-corrected chi connectivity index (χ1v) is 10.8. The van der Waals surface area contributed by atoms with E-state index in [4.69, 9.17) is 9.26 Å². The largest absolute Gasteiger partial charge is 0.377 e. The monoisotopic (exact) mass is 397 g/mol. The fraction of sp³-hybridized carbons (Fsp3) is 0.455. The number of rotatable bonds is 8. The van der Waals surface area contributed by atoms with Gasteiger partial charge in [0.2, 0.25) is 11.7 Å². The lowest BCUT2D eigenvalue weighted by molar-refractivity contribution is 0.0644. The number of ether oxygens (including phenoxy) is 1. The van der Waals surface area contributed by atoms with Gasteiger partial charge in [-0.2, -0.15) is 4.98 Å². The van der Waals surface area contributed by atoms with E-state index in [1.165, 1.54) is 10.4 Å². The van der Waals surface area contributed by atoms with Crippen LogP contribution >= 0.6 is 11.3 Å². The van der Waals surface area contributed by atoms with E-state index in [1.54, 1.807) is 11.3 Å². The third-order valence-corrected chi connectivity index (χ3v) is 5.97. The zero-order chi connectivity index (χ0) is 19.3. The molecule has 0 aliphatic carbocycles. The molecule has 1 aromatic carbocycles. The Kier molecular flexibility index (Phi) is 6.20. The van der Waals surface area contributed by atoms with Crippen molar-refractivity contribution >= 4 is 11.3 Å². The molecule has 28 heavy (non-hydrogen) atoms. The summed E-state index contributed by atoms with van der Waals surface area (Å²) < 4.78 is 11.4. The summed E-state index contributed by atoms with van der Waals surface area (Å²) in [5.41, 5.74) is 2.30. The van der Waals surface area contributed by atoms with Crippen LogP contribution in [0.5, 0.6) is 0 Å². The minimum Gasteiger partial charge on any atom is -0.377 e. The number of nitrogens with zero attached hydrogens (tertiary/aromatic N) is 3. The van der Waals surface area contributed by atoms with Crippen LogP contribution in [0, 0.1) is 0 Å². The highest BCUT2D eigenvalue weighted by atomic mass is 32.1. The Bertz CT molecular complexity index is 852. The molecule has 2 aromatic heterocycles. The summed E-state index contributed by atoms with van der Waals surface area (Å²) in [5.74, 6) is 1.81. The van der Waals surface area contributed by atoms with Gasteiger partial charge < -0.3 is 9.26 Å². The molecule has 148 valence electrons. The number of aromatic nitrogens is 2. The zero-order valence-corrected chi connectivity index (χ0v) is 17.3. The van der Waals surface area contributed by atoms with Crippen molar-refractivity contribution in [3.05, 3.63) is 58.1 Å². The molecule has 1 aliphatic heterocycles. The van der Waals surface area contributed by atoms with Gasteiger partial charge in [-0.25, -0.2) is 0 Å². The predicted octanol–water partition coefficient (Wildman–Crippen LogP) is 5.10. The molecule has 1 unspecified atom stereocenters. The summed E-state index contributed by atoms with van der Waals surface area (Å²) in [4.78, 5) is 8.33. The van der Waals surface area contributed by atoms with Crippen LogP contribution < -0.4 is 0 Å². The van der Waals surface area contributed by atoms with Gasteiger partial charge in [-0.3, -0.25) is 4.90 Å². The maximum Gasteiger partial charge on any atom is 0.241 e. The quantitative estimate of drug-likeness (QED) is 0.529. The van der Waals surface area contributed by atoms with Gasteiger partial charge in [-0.15, -0.1) is 11.3 Å². The molecule has 0 bridgehead atoms. The number of benzene rings is 1. The smallest absolute Gasteiger partial charge is 0.241 e. The molecule has 0 saturated carbocycles. The SMILES string of the molecule is CC(C)c1ccc(-c2noc(CN(Cc3cccs3)CC3CCCO3)n2)cc1.